The summed E-state index contributed by atoms with van der Waals surface area (Å²) >= 11 is 0. The number of aryl methyl sites for hydroxylation is 1. The van der Waals surface area contributed by atoms with E-state index in [4.69, 9.17) is 0 Å². The summed E-state index contributed by atoms with van der Waals surface area (Å²) in [5, 5.41) is 12.6. The van der Waals surface area contributed by atoms with Crippen molar-refractivity contribution in [1.82, 2.24) is 20.1 Å². The van der Waals surface area contributed by atoms with E-state index < -0.39 is 0 Å². The summed E-state index contributed by atoms with van der Waals surface area (Å²) in [7, 11) is 0. The monoisotopic (exact) mass is 290 g/mol. The quantitative estimate of drug-likeness (QED) is 0.842. The minimum absolute atomic E-state index is 0.331. The largest absolute Gasteiger partial charge is 0.314 e. The van der Waals surface area contributed by atoms with Gasteiger partial charge in [0.05, 0.1) is 6.04 Å². The Kier molecular flexibility index (Phi) is 4.94. The zero-order chi connectivity index (χ0) is 14.7. The van der Waals surface area contributed by atoms with Crippen LogP contribution in [0.15, 0.2) is 0 Å². The topological polar surface area (TPSA) is 42.7 Å². The van der Waals surface area contributed by atoms with E-state index in [-0.39, 0.29) is 0 Å². The number of hydrogen-bond acceptors (Lipinski definition) is 3. The molecule has 1 aliphatic heterocycles. The van der Waals surface area contributed by atoms with E-state index in [1.807, 2.05) is 0 Å². The maximum Gasteiger partial charge on any atom is 0.149 e. The second-order valence-electron chi connectivity index (χ2n) is 6.98. The number of rotatable bonds is 5. The number of nitrogens with zero attached hydrogens (tertiary/aromatic N) is 3. The predicted molar refractivity (Wildman–Crippen MR) is 85.2 cm³/mol. The lowest BCUT2D eigenvalue weighted by Gasteiger charge is -2.22. The van der Waals surface area contributed by atoms with Crippen molar-refractivity contribution in [2.45, 2.75) is 90.3 Å². The van der Waals surface area contributed by atoms with Crippen molar-refractivity contribution in [3.8, 4) is 0 Å². The number of nitrogens with one attached hydrogen (secondary N) is 1. The normalized spacial score (nSPS) is 27.3. The van der Waals surface area contributed by atoms with E-state index in [1.165, 1.54) is 57.2 Å². The van der Waals surface area contributed by atoms with Crippen LogP contribution < -0.4 is 5.32 Å². The van der Waals surface area contributed by atoms with Gasteiger partial charge < -0.3 is 9.88 Å². The molecule has 1 aliphatic carbocycles. The zero-order valence-electron chi connectivity index (χ0n) is 13.6. The van der Waals surface area contributed by atoms with Crippen molar-refractivity contribution >= 4 is 0 Å². The third kappa shape index (κ3) is 3.47. The Morgan fingerprint density at radius 2 is 2.10 bits per heavy atom. The molecule has 118 valence electrons. The molecule has 3 rings (SSSR count). The molecule has 0 aromatic carbocycles. The van der Waals surface area contributed by atoms with E-state index in [0.717, 1.165) is 24.7 Å². The Balaban J connectivity index is 1.56. The van der Waals surface area contributed by atoms with Gasteiger partial charge in [-0.1, -0.05) is 32.6 Å². The van der Waals surface area contributed by atoms with Crippen LogP contribution in [0.3, 0.4) is 0 Å². The second kappa shape index (κ2) is 6.91. The Morgan fingerprint density at radius 3 is 2.95 bits per heavy atom. The number of hydrogen-bond donors (Lipinski definition) is 1. The third-order valence-electron chi connectivity index (χ3n) is 5.30. The van der Waals surface area contributed by atoms with Gasteiger partial charge in [0.2, 0.25) is 0 Å². The van der Waals surface area contributed by atoms with Gasteiger partial charge in [0.25, 0.3) is 0 Å². The Morgan fingerprint density at radius 1 is 1.19 bits per heavy atom. The van der Waals surface area contributed by atoms with Crippen molar-refractivity contribution < 1.29 is 0 Å². The molecule has 0 saturated heterocycles. The van der Waals surface area contributed by atoms with Gasteiger partial charge >= 0.3 is 0 Å². The summed E-state index contributed by atoms with van der Waals surface area (Å²) in [6.07, 6.45) is 11.9. The molecule has 2 aliphatic rings. The molecule has 0 bridgehead atoms. The molecule has 1 fully saturated rings. The molecule has 0 radical (unpaired) electrons. The minimum Gasteiger partial charge on any atom is -0.314 e. The molecule has 3 atom stereocenters. The van der Waals surface area contributed by atoms with Crippen LogP contribution in [-0.2, 0) is 13.0 Å². The van der Waals surface area contributed by atoms with Crippen LogP contribution in [0, 0.1) is 5.92 Å². The Bertz CT molecular complexity index is 454. The molecule has 1 aromatic heterocycles. The van der Waals surface area contributed by atoms with Crippen molar-refractivity contribution in [3.63, 3.8) is 0 Å². The first kappa shape index (κ1) is 15.0. The zero-order valence-corrected chi connectivity index (χ0v) is 13.6. The van der Waals surface area contributed by atoms with Crippen LogP contribution in [0.1, 0.15) is 82.9 Å². The summed E-state index contributed by atoms with van der Waals surface area (Å²) in [5.74, 6) is 3.30. The third-order valence-corrected chi connectivity index (χ3v) is 5.30. The van der Waals surface area contributed by atoms with Crippen LogP contribution in [0.5, 0.6) is 0 Å². The smallest absolute Gasteiger partial charge is 0.149 e. The Hall–Kier alpha value is -0.900. The van der Waals surface area contributed by atoms with E-state index in [2.05, 4.69) is 33.9 Å². The standard InChI is InChI=1S/C17H30N4/c1-3-6-14-7-4-8-15(11-10-14)18-13(2)17-20-19-16-9-5-12-21(16)17/h13-15,18H,3-12H2,1-2H3. The SMILES string of the molecule is CCCC1CCCC(NC(C)c2nnc3n2CCC3)CC1. The highest BCUT2D eigenvalue weighted by Crippen LogP contribution is 2.28. The van der Waals surface area contributed by atoms with Crippen LogP contribution in [-0.4, -0.2) is 20.8 Å². The highest BCUT2D eigenvalue weighted by Gasteiger charge is 2.24. The van der Waals surface area contributed by atoms with Crippen LogP contribution in [0.4, 0.5) is 0 Å². The maximum atomic E-state index is 4.42. The van der Waals surface area contributed by atoms with Crippen LogP contribution in [0.2, 0.25) is 0 Å². The van der Waals surface area contributed by atoms with Crippen molar-refractivity contribution in [1.29, 1.82) is 0 Å². The molecule has 2 heterocycles. The van der Waals surface area contributed by atoms with Gasteiger partial charge in [-0.2, -0.15) is 0 Å². The minimum atomic E-state index is 0.331. The van der Waals surface area contributed by atoms with Crippen molar-refractivity contribution in [2.24, 2.45) is 5.92 Å². The van der Waals surface area contributed by atoms with Gasteiger partial charge in [0.15, 0.2) is 0 Å². The van der Waals surface area contributed by atoms with Crippen LogP contribution >= 0.6 is 0 Å². The Labute approximate surface area is 128 Å². The summed E-state index contributed by atoms with van der Waals surface area (Å²) < 4.78 is 2.33. The number of aromatic nitrogens is 3. The molecule has 4 heteroatoms. The summed E-state index contributed by atoms with van der Waals surface area (Å²) in [4.78, 5) is 0. The maximum absolute atomic E-state index is 4.42. The van der Waals surface area contributed by atoms with Crippen molar-refractivity contribution in [2.75, 3.05) is 0 Å². The van der Waals surface area contributed by atoms with Gasteiger partial charge in [-0.15, -0.1) is 10.2 Å². The first-order valence-corrected chi connectivity index (χ1v) is 8.96. The molecular weight excluding hydrogens is 260 g/mol. The molecular formula is C17H30N4. The fourth-order valence-corrected chi connectivity index (χ4v) is 4.16. The number of fused-ring (bicyclic) bond motifs is 1. The molecule has 1 saturated carbocycles. The summed E-state index contributed by atoms with van der Waals surface area (Å²) in [5.41, 5.74) is 0. The lowest BCUT2D eigenvalue weighted by Crippen LogP contribution is -2.32. The summed E-state index contributed by atoms with van der Waals surface area (Å²) in [6.45, 7) is 5.67. The van der Waals surface area contributed by atoms with Crippen molar-refractivity contribution in [3.05, 3.63) is 11.6 Å². The summed E-state index contributed by atoms with van der Waals surface area (Å²) in [6, 6.07) is 0.994. The molecule has 21 heavy (non-hydrogen) atoms. The van der Waals surface area contributed by atoms with E-state index in [1.54, 1.807) is 0 Å². The fourth-order valence-electron chi connectivity index (χ4n) is 4.16. The molecule has 3 unspecified atom stereocenters. The highest BCUT2D eigenvalue weighted by molar-refractivity contribution is 5.04. The van der Waals surface area contributed by atoms with Gasteiger partial charge in [-0.3, -0.25) is 0 Å². The second-order valence-corrected chi connectivity index (χ2v) is 6.98. The van der Waals surface area contributed by atoms with Crippen LogP contribution in [0.25, 0.3) is 0 Å². The first-order chi connectivity index (χ1) is 10.3. The average Bonchev–Trinajstić information content (AvgIpc) is 3.00. The van der Waals surface area contributed by atoms with Gasteiger partial charge in [-0.25, -0.2) is 0 Å². The highest BCUT2D eigenvalue weighted by atomic mass is 15.3. The van der Waals surface area contributed by atoms with E-state index in [9.17, 15) is 0 Å². The van der Waals surface area contributed by atoms with E-state index in [0.29, 0.717) is 12.1 Å². The predicted octanol–water partition coefficient (Wildman–Crippen LogP) is 3.62. The van der Waals surface area contributed by atoms with Gasteiger partial charge in [0, 0.05) is 19.0 Å². The average molecular weight is 290 g/mol. The van der Waals surface area contributed by atoms with Gasteiger partial charge in [-0.05, 0) is 38.5 Å². The lowest BCUT2D eigenvalue weighted by atomic mass is 9.95. The first-order valence-electron chi connectivity index (χ1n) is 8.96. The molecule has 1 N–H and O–H groups in total. The lowest BCUT2D eigenvalue weighted by molar-refractivity contribution is 0.382. The van der Waals surface area contributed by atoms with Gasteiger partial charge in [0.1, 0.15) is 11.6 Å². The fraction of sp³-hybridized carbons (Fsp3) is 0.882. The molecule has 0 spiro atoms. The molecule has 1 aromatic rings. The molecule has 4 nitrogen and oxygen atoms in total. The van der Waals surface area contributed by atoms with E-state index >= 15 is 0 Å². The molecule has 0 amide bonds.